The topological polar surface area (TPSA) is 68.9 Å². The summed E-state index contributed by atoms with van der Waals surface area (Å²) < 4.78 is 56.0. The van der Waals surface area contributed by atoms with Gasteiger partial charge in [-0.25, -0.2) is 13.9 Å². The van der Waals surface area contributed by atoms with Crippen LogP contribution in [0.1, 0.15) is 29.7 Å². The lowest BCUT2D eigenvalue weighted by Gasteiger charge is -2.16. The van der Waals surface area contributed by atoms with Crippen LogP contribution in [0.3, 0.4) is 0 Å². The van der Waals surface area contributed by atoms with Crippen molar-refractivity contribution in [2.75, 3.05) is 0 Å². The van der Waals surface area contributed by atoms with Crippen molar-refractivity contribution in [3.63, 3.8) is 0 Å². The summed E-state index contributed by atoms with van der Waals surface area (Å²) in [7, 11) is 0. The van der Waals surface area contributed by atoms with Crippen molar-refractivity contribution >= 4 is 28.8 Å². The summed E-state index contributed by atoms with van der Waals surface area (Å²) in [6, 6.07) is 13.1. The Morgan fingerprint density at radius 1 is 1.14 bits per heavy atom. The second-order valence-electron chi connectivity index (χ2n) is 7.96. The van der Waals surface area contributed by atoms with E-state index < -0.39 is 41.7 Å². The van der Waals surface area contributed by atoms with Gasteiger partial charge in [-0.2, -0.15) is 13.2 Å². The van der Waals surface area contributed by atoms with Crippen LogP contribution in [0.2, 0.25) is 4.34 Å². The first-order valence-corrected chi connectivity index (χ1v) is 11.9. The fourth-order valence-electron chi connectivity index (χ4n) is 3.59. The molecule has 6 nitrogen and oxygen atoms in total. The summed E-state index contributed by atoms with van der Waals surface area (Å²) in [6.45, 7) is 0.920. The Labute approximate surface area is 211 Å². The molecule has 2 heterocycles. The van der Waals surface area contributed by atoms with Crippen LogP contribution < -0.4 is 11.0 Å². The van der Waals surface area contributed by atoms with Crippen molar-refractivity contribution in [1.82, 2.24) is 19.7 Å². The zero-order valence-corrected chi connectivity index (χ0v) is 20.3. The summed E-state index contributed by atoms with van der Waals surface area (Å²) in [5, 5.41) is 6.86. The Morgan fingerprint density at radius 2 is 1.89 bits per heavy atom. The van der Waals surface area contributed by atoms with E-state index in [1.807, 2.05) is 0 Å². The van der Waals surface area contributed by atoms with Crippen LogP contribution in [-0.2, 0) is 24.1 Å². The molecule has 1 N–H and O–H groups in total. The van der Waals surface area contributed by atoms with Gasteiger partial charge < -0.3 is 5.32 Å². The third kappa shape index (κ3) is 5.68. The Hall–Kier alpha value is -3.44. The lowest BCUT2D eigenvalue weighted by atomic mass is 10.0. The number of thiophene rings is 1. The predicted octanol–water partition coefficient (Wildman–Crippen LogP) is 5.51. The molecule has 0 radical (unpaired) electrons. The zero-order valence-electron chi connectivity index (χ0n) is 18.7. The predicted molar refractivity (Wildman–Crippen MR) is 128 cm³/mol. The van der Waals surface area contributed by atoms with Gasteiger partial charge in [0.25, 0.3) is 0 Å². The molecule has 0 fully saturated rings. The van der Waals surface area contributed by atoms with Gasteiger partial charge in [-0.1, -0.05) is 41.9 Å². The normalized spacial score (nSPS) is 12.5. The van der Waals surface area contributed by atoms with E-state index in [0.29, 0.717) is 9.21 Å². The van der Waals surface area contributed by atoms with Crippen LogP contribution in [0.5, 0.6) is 0 Å². The quantitative estimate of drug-likeness (QED) is 0.315. The number of amides is 1. The highest BCUT2D eigenvalue weighted by molar-refractivity contribution is 7.19. The first kappa shape index (κ1) is 25.6. The van der Waals surface area contributed by atoms with Gasteiger partial charge >= 0.3 is 11.9 Å². The average molecular weight is 539 g/mol. The largest absolute Gasteiger partial charge is 0.416 e. The second-order valence-corrected chi connectivity index (χ2v) is 9.67. The molecule has 36 heavy (non-hydrogen) atoms. The maximum absolute atomic E-state index is 14.3. The number of alkyl halides is 3. The number of halogens is 5. The molecule has 1 atom stereocenters. The van der Waals surface area contributed by atoms with Gasteiger partial charge in [-0.05, 0) is 42.8 Å². The fraction of sp³-hybridized carbons (Fsp3) is 0.208. The molecule has 0 aliphatic heterocycles. The molecule has 1 amide bonds. The average Bonchev–Trinajstić information content (AvgIpc) is 3.38. The van der Waals surface area contributed by atoms with Gasteiger partial charge in [0.1, 0.15) is 12.4 Å². The number of hydrogen-bond acceptors (Lipinski definition) is 4. The minimum atomic E-state index is -4.51. The number of rotatable bonds is 7. The highest BCUT2D eigenvalue weighted by Crippen LogP contribution is 2.31. The van der Waals surface area contributed by atoms with E-state index in [4.69, 9.17) is 11.6 Å². The van der Waals surface area contributed by atoms with Gasteiger partial charge in [0.2, 0.25) is 5.91 Å². The summed E-state index contributed by atoms with van der Waals surface area (Å²) in [5.74, 6) is -0.924. The van der Waals surface area contributed by atoms with Crippen molar-refractivity contribution in [3.8, 4) is 10.7 Å². The molecular formula is C24H19ClF4N4O2S. The standard InChI is InChI=1S/C24H19ClF4N4O2S/c1-14(15-6-4-7-17(11-15)24(27,28)29)30-21(34)13-33-23(35)32(12-16-5-2-3-8-18(16)26)22(31-33)19-9-10-20(25)36-19/h2-11,14H,12-13H2,1H3,(H,30,34). The maximum Gasteiger partial charge on any atom is 0.416 e. The van der Waals surface area contributed by atoms with Gasteiger partial charge in [0.15, 0.2) is 5.82 Å². The van der Waals surface area contributed by atoms with E-state index in [1.54, 1.807) is 18.2 Å². The Balaban J connectivity index is 1.59. The van der Waals surface area contributed by atoms with Crippen molar-refractivity contribution < 1.29 is 22.4 Å². The van der Waals surface area contributed by atoms with E-state index in [1.165, 1.54) is 53.2 Å². The van der Waals surface area contributed by atoms with Crippen LogP contribution in [0, 0.1) is 5.82 Å². The smallest absolute Gasteiger partial charge is 0.348 e. The number of hydrogen-bond donors (Lipinski definition) is 1. The van der Waals surface area contributed by atoms with E-state index in [0.717, 1.165) is 16.8 Å². The van der Waals surface area contributed by atoms with Crippen LogP contribution in [0.15, 0.2) is 65.5 Å². The molecule has 0 saturated carbocycles. The Bertz CT molecular complexity index is 1460. The molecule has 0 aliphatic carbocycles. The van der Waals surface area contributed by atoms with Crippen molar-refractivity contribution in [2.45, 2.75) is 32.2 Å². The van der Waals surface area contributed by atoms with Gasteiger partial charge in [0, 0.05) is 5.56 Å². The Kier molecular flexibility index (Phi) is 7.32. The number of nitrogens with zero attached hydrogens (tertiary/aromatic N) is 3. The molecule has 0 bridgehead atoms. The van der Waals surface area contributed by atoms with Gasteiger partial charge in [-0.3, -0.25) is 9.36 Å². The molecule has 12 heteroatoms. The molecule has 1 unspecified atom stereocenters. The third-order valence-corrected chi connectivity index (χ3v) is 6.61. The van der Waals surface area contributed by atoms with Gasteiger partial charge in [-0.15, -0.1) is 16.4 Å². The Morgan fingerprint density at radius 3 is 2.56 bits per heavy atom. The molecule has 4 rings (SSSR count). The van der Waals surface area contributed by atoms with E-state index in [-0.39, 0.29) is 23.5 Å². The molecular weight excluding hydrogens is 520 g/mol. The SMILES string of the molecule is CC(NC(=O)Cn1nc(-c2ccc(Cl)s2)n(Cc2ccccc2F)c1=O)c1cccc(C(F)(F)F)c1. The number of carbonyl (C=O) groups is 1. The zero-order chi connectivity index (χ0) is 26.0. The third-order valence-electron chi connectivity index (χ3n) is 5.39. The second kappa shape index (κ2) is 10.3. The van der Waals surface area contributed by atoms with E-state index in [2.05, 4.69) is 10.4 Å². The molecule has 0 saturated heterocycles. The summed E-state index contributed by atoms with van der Waals surface area (Å²) >= 11 is 7.20. The first-order chi connectivity index (χ1) is 17.0. The summed E-state index contributed by atoms with van der Waals surface area (Å²) in [4.78, 5) is 26.4. The molecule has 2 aromatic carbocycles. The number of nitrogens with one attached hydrogen (secondary N) is 1. The number of benzene rings is 2. The molecule has 188 valence electrons. The van der Waals surface area contributed by atoms with Crippen molar-refractivity contribution in [1.29, 1.82) is 0 Å². The number of carbonyl (C=O) groups excluding carboxylic acids is 1. The van der Waals surface area contributed by atoms with Crippen LogP contribution in [0.4, 0.5) is 17.6 Å². The van der Waals surface area contributed by atoms with E-state index in [9.17, 15) is 27.2 Å². The summed E-state index contributed by atoms with van der Waals surface area (Å²) in [5.41, 5.74) is -0.974. The monoisotopic (exact) mass is 538 g/mol. The maximum atomic E-state index is 14.3. The molecule has 0 aliphatic rings. The van der Waals surface area contributed by atoms with Crippen LogP contribution in [-0.4, -0.2) is 20.3 Å². The fourth-order valence-corrected chi connectivity index (χ4v) is 4.63. The number of aromatic nitrogens is 3. The van der Waals surface area contributed by atoms with Crippen molar-refractivity contribution in [3.05, 3.63) is 98.0 Å². The lowest BCUT2D eigenvalue weighted by Crippen LogP contribution is -2.35. The molecule has 4 aromatic rings. The minimum absolute atomic E-state index is 0.126. The van der Waals surface area contributed by atoms with Crippen LogP contribution >= 0.6 is 22.9 Å². The van der Waals surface area contributed by atoms with Crippen LogP contribution in [0.25, 0.3) is 10.7 Å². The summed E-state index contributed by atoms with van der Waals surface area (Å²) in [6.07, 6.45) is -4.51. The molecule has 2 aromatic heterocycles. The minimum Gasteiger partial charge on any atom is -0.348 e. The highest BCUT2D eigenvalue weighted by atomic mass is 35.5. The van der Waals surface area contributed by atoms with E-state index >= 15 is 0 Å². The highest BCUT2D eigenvalue weighted by Gasteiger charge is 2.31. The lowest BCUT2D eigenvalue weighted by molar-refractivity contribution is -0.137. The van der Waals surface area contributed by atoms with Gasteiger partial charge in [0.05, 0.1) is 27.4 Å². The first-order valence-electron chi connectivity index (χ1n) is 10.7. The van der Waals surface area contributed by atoms with Crippen molar-refractivity contribution in [2.24, 2.45) is 0 Å². The molecule has 0 spiro atoms.